The fourth-order valence-corrected chi connectivity index (χ4v) is 3.31. The Balaban J connectivity index is 1.42. The van der Waals surface area contributed by atoms with E-state index >= 15 is 0 Å². The molecule has 4 heterocycles. The minimum Gasteiger partial charge on any atom is -0.337 e. The van der Waals surface area contributed by atoms with E-state index in [9.17, 15) is 4.79 Å². The third-order valence-electron chi connectivity index (χ3n) is 4.64. The maximum absolute atomic E-state index is 12.7. The summed E-state index contributed by atoms with van der Waals surface area (Å²) in [5.74, 6) is 1.59. The summed E-state index contributed by atoms with van der Waals surface area (Å²) in [6.45, 7) is 2.11. The summed E-state index contributed by atoms with van der Waals surface area (Å²) in [7, 11) is 1.85. The molecule has 1 aliphatic rings. The highest BCUT2D eigenvalue weighted by molar-refractivity contribution is 5.94. The van der Waals surface area contributed by atoms with Crippen molar-refractivity contribution in [1.82, 2.24) is 29.6 Å². The quantitative estimate of drug-likeness (QED) is 0.648. The highest BCUT2D eigenvalue weighted by atomic mass is 16.5. The Morgan fingerprint density at radius 2 is 2.23 bits per heavy atom. The first-order valence-corrected chi connectivity index (χ1v) is 8.68. The van der Waals surface area contributed by atoms with E-state index in [1.165, 1.54) is 0 Å². The summed E-state index contributed by atoms with van der Waals surface area (Å²) >= 11 is 0. The van der Waals surface area contributed by atoms with Crippen LogP contribution in [0, 0.1) is 5.92 Å². The topological polar surface area (TPSA) is 89.9 Å². The summed E-state index contributed by atoms with van der Waals surface area (Å²) in [6.07, 6.45) is 6.99. The number of ketones is 1. The van der Waals surface area contributed by atoms with Gasteiger partial charge in [-0.05, 0) is 31.5 Å². The van der Waals surface area contributed by atoms with Crippen molar-refractivity contribution in [1.29, 1.82) is 0 Å². The largest absolute Gasteiger partial charge is 0.337 e. The van der Waals surface area contributed by atoms with Crippen LogP contribution in [0.2, 0.25) is 0 Å². The standard InChI is InChI=1S/C18H20N6O2/c1-23-10-8-20-18(23)16(25)13-5-4-9-24(11-13)12-15-21-17(22-26-15)14-6-2-3-7-19-14/h2-3,6-8,10,13H,4-5,9,11-12H2,1H3/t13-/m0/s1. The Morgan fingerprint density at radius 1 is 1.31 bits per heavy atom. The molecular formula is C18H20N6O2. The number of carbonyl (C=O) groups is 1. The molecule has 1 fully saturated rings. The van der Waals surface area contributed by atoms with Gasteiger partial charge in [-0.3, -0.25) is 14.7 Å². The number of imidazole rings is 1. The minimum atomic E-state index is -0.0527. The molecule has 0 bridgehead atoms. The second-order valence-corrected chi connectivity index (χ2v) is 6.53. The third kappa shape index (κ3) is 3.41. The van der Waals surface area contributed by atoms with Gasteiger partial charge in [-0.2, -0.15) is 4.98 Å². The van der Waals surface area contributed by atoms with Crippen LogP contribution in [0.3, 0.4) is 0 Å². The zero-order valence-electron chi connectivity index (χ0n) is 14.6. The number of likely N-dealkylation sites (tertiary alicyclic amines) is 1. The maximum atomic E-state index is 12.7. The molecule has 1 atom stereocenters. The van der Waals surface area contributed by atoms with Crippen molar-refractivity contribution in [2.75, 3.05) is 13.1 Å². The fourth-order valence-electron chi connectivity index (χ4n) is 3.31. The van der Waals surface area contributed by atoms with Gasteiger partial charge in [-0.25, -0.2) is 4.98 Å². The normalized spacial score (nSPS) is 18.1. The van der Waals surface area contributed by atoms with Crippen LogP contribution in [0.1, 0.15) is 29.4 Å². The van der Waals surface area contributed by atoms with Crippen LogP contribution in [0.25, 0.3) is 11.5 Å². The monoisotopic (exact) mass is 352 g/mol. The molecule has 0 aliphatic carbocycles. The molecule has 0 radical (unpaired) electrons. The average Bonchev–Trinajstić information content (AvgIpc) is 3.31. The lowest BCUT2D eigenvalue weighted by Crippen LogP contribution is -2.39. The molecule has 134 valence electrons. The zero-order chi connectivity index (χ0) is 17.9. The van der Waals surface area contributed by atoms with Crippen LogP contribution in [0.4, 0.5) is 0 Å². The van der Waals surface area contributed by atoms with E-state index < -0.39 is 0 Å². The second kappa shape index (κ2) is 7.17. The number of carbonyl (C=O) groups excluding carboxylic acids is 1. The van der Waals surface area contributed by atoms with Gasteiger partial charge in [-0.15, -0.1) is 0 Å². The fraction of sp³-hybridized carbons (Fsp3) is 0.389. The maximum Gasteiger partial charge on any atom is 0.241 e. The van der Waals surface area contributed by atoms with Gasteiger partial charge < -0.3 is 9.09 Å². The smallest absolute Gasteiger partial charge is 0.241 e. The molecule has 3 aromatic rings. The van der Waals surface area contributed by atoms with Crippen LogP contribution in [0.5, 0.6) is 0 Å². The molecule has 0 aromatic carbocycles. The van der Waals surface area contributed by atoms with Gasteiger partial charge in [0, 0.05) is 38.1 Å². The van der Waals surface area contributed by atoms with Gasteiger partial charge in [0.1, 0.15) is 5.69 Å². The first-order chi connectivity index (χ1) is 12.7. The molecular weight excluding hydrogens is 332 g/mol. The number of piperidine rings is 1. The van der Waals surface area contributed by atoms with Crippen molar-refractivity contribution in [3.63, 3.8) is 0 Å². The number of Topliss-reactive ketones (excluding diaryl/α,β-unsaturated/α-hetero) is 1. The lowest BCUT2D eigenvalue weighted by atomic mass is 9.93. The van der Waals surface area contributed by atoms with Gasteiger partial charge in [0.25, 0.3) is 0 Å². The van der Waals surface area contributed by atoms with Crippen LogP contribution >= 0.6 is 0 Å². The van der Waals surface area contributed by atoms with Gasteiger partial charge in [0.15, 0.2) is 5.82 Å². The van der Waals surface area contributed by atoms with Crippen molar-refractivity contribution in [3.05, 3.63) is 48.5 Å². The summed E-state index contributed by atoms with van der Waals surface area (Å²) < 4.78 is 7.14. The Labute approximate surface area is 150 Å². The van der Waals surface area contributed by atoms with Gasteiger partial charge >= 0.3 is 0 Å². The van der Waals surface area contributed by atoms with Gasteiger partial charge in [0.2, 0.25) is 17.5 Å². The lowest BCUT2D eigenvalue weighted by Gasteiger charge is -2.30. The van der Waals surface area contributed by atoms with E-state index in [4.69, 9.17) is 4.52 Å². The molecule has 3 aromatic heterocycles. The van der Waals surface area contributed by atoms with Gasteiger partial charge in [-0.1, -0.05) is 11.2 Å². The second-order valence-electron chi connectivity index (χ2n) is 6.53. The van der Waals surface area contributed by atoms with Crippen LogP contribution in [0.15, 0.2) is 41.3 Å². The first-order valence-electron chi connectivity index (χ1n) is 8.68. The molecule has 0 saturated carbocycles. The Morgan fingerprint density at radius 3 is 3.00 bits per heavy atom. The van der Waals surface area contributed by atoms with Crippen LogP contribution in [-0.4, -0.2) is 48.4 Å². The van der Waals surface area contributed by atoms with Crippen LogP contribution < -0.4 is 0 Å². The summed E-state index contributed by atoms with van der Waals surface area (Å²) in [5, 5.41) is 4.00. The zero-order valence-corrected chi connectivity index (χ0v) is 14.6. The number of rotatable bonds is 5. The van der Waals surface area contributed by atoms with E-state index in [1.807, 2.05) is 25.2 Å². The summed E-state index contributed by atoms with van der Waals surface area (Å²) in [4.78, 5) is 27.7. The van der Waals surface area contributed by atoms with Crippen molar-refractivity contribution in [2.45, 2.75) is 19.4 Å². The molecule has 0 amide bonds. The molecule has 0 unspecified atom stereocenters. The minimum absolute atomic E-state index is 0.0527. The van der Waals surface area contributed by atoms with E-state index in [0.717, 1.165) is 19.4 Å². The number of aromatic nitrogens is 5. The Bertz CT molecular complexity index is 888. The van der Waals surface area contributed by atoms with Crippen molar-refractivity contribution >= 4 is 5.78 Å². The third-order valence-corrected chi connectivity index (χ3v) is 4.64. The van der Waals surface area contributed by atoms with E-state index in [-0.39, 0.29) is 11.7 Å². The number of aryl methyl sites for hydroxylation is 1. The molecule has 26 heavy (non-hydrogen) atoms. The number of hydrogen-bond donors (Lipinski definition) is 0. The summed E-state index contributed by atoms with van der Waals surface area (Å²) in [6, 6.07) is 5.57. The lowest BCUT2D eigenvalue weighted by molar-refractivity contribution is 0.0783. The molecule has 1 saturated heterocycles. The van der Waals surface area contributed by atoms with E-state index in [0.29, 0.717) is 36.3 Å². The van der Waals surface area contributed by atoms with Crippen molar-refractivity contribution < 1.29 is 9.32 Å². The van der Waals surface area contributed by atoms with Crippen molar-refractivity contribution in [2.24, 2.45) is 13.0 Å². The highest BCUT2D eigenvalue weighted by Gasteiger charge is 2.29. The number of hydrogen-bond acceptors (Lipinski definition) is 7. The molecule has 1 aliphatic heterocycles. The van der Waals surface area contributed by atoms with E-state index in [2.05, 4.69) is 25.0 Å². The SMILES string of the molecule is Cn1ccnc1C(=O)[C@H]1CCCN(Cc2nc(-c3ccccn3)no2)C1. The van der Waals surface area contributed by atoms with Crippen molar-refractivity contribution in [3.8, 4) is 11.5 Å². The Kier molecular flexibility index (Phi) is 4.57. The highest BCUT2D eigenvalue weighted by Crippen LogP contribution is 2.22. The molecule has 4 rings (SSSR count). The number of pyridine rings is 1. The molecule has 0 spiro atoms. The van der Waals surface area contributed by atoms with Gasteiger partial charge in [0.05, 0.1) is 6.54 Å². The average molecular weight is 352 g/mol. The van der Waals surface area contributed by atoms with E-state index in [1.54, 1.807) is 23.2 Å². The predicted octanol–water partition coefficient (Wildman–Crippen LogP) is 1.96. The predicted molar refractivity (Wildman–Crippen MR) is 93.1 cm³/mol. The Hall–Kier alpha value is -2.87. The number of nitrogens with zero attached hydrogens (tertiary/aromatic N) is 6. The molecule has 8 nitrogen and oxygen atoms in total. The summed E-state index contributed by atoms with van der Waals surface area (Å²) in [5.41, 5.74) is 0.684. The molecule has 0 N–H and O–H groups in total. The first kappa shape index (κ1) is 16.6. The van der Waals surface area contributed by atoms with Crippen LogP contribution in [-0.2, 0) is 13.6 Å². The molecule has 8 heteroatoms.